The standard InChI is InChI=1S/C19H22N4O/c24-18-22-14-19(15-6-2-1-3-7-15,17-8-4-5-11-21-17)23(18)16-9-12-20-13-10-16/h1-8,11,16,20H,9-10,12-14H2,(H,22,24)/t19-/m0/s1. The Labute approximate surface area is 142 Å². The zero-order valence-corrected chi connectivity index (χ0v) is 13.6. The van der Waals surface area contributed by atoms with Gasteiger partial charge in [0, 0.05) is 12.2 Å². The molecule has 1 aromatic carbocycles. The van der Waals surface area contributed by atoms with Gasteiger partial charge in [0.15, 0.2) is 0 Å². The summed E-state index contributed by atoms with van der Waals surface area (Å²) in [5.41, 5.74) is 1.50. The van der Waals surface area contributed by atoms with Crippen molar-refractivity contribution in [3.05, 3.63) is 66.0 Å². The van der Waals surface area contributed by atoms with Gasteiger partial charge >= 0.3 is 6.03 Å². The number of pyridine rings is 1. The molecule has 2 aliphatic rings. The summed E-state index contributed by atoms with van der Waals surface area (Å²) in [7, 11) is 0. The first-order valence-electron chi connectivity index (χ1n) is 8.57. The summed E-state index contributed by atoms with van der Waals surface area (Å²) in [6.07, 6.45) is 3.74. The maximum Gasteiger partial charge on any atom is 0.318 e. The van der Waals surface area contributed by atoms with Gasteiger partial charge in [-0.1, -0.05) is 36.4 Å². The van der Waals surface area contributed by atoms with Gasteiger partial charge in [-0.3, -0.25) is 4.98 Å². The third kappa shape index (κ3) is 2.36. The van der Waals surface area contributed by atoms with Crippen molar-refractivity contribution in [2.75, 3.05) is 19.6 Å². The van der Waals surface area contributed by atoms with Crippen molar-refractivity contribution >= 4 is 6.03 Å². The minimum atomic E-state index is -0.540. The van der Waals surface area contributed by atoms with Crippen molar-refractivity contribution < 1.29 is 4.79 Å². The Morgan fingerprint density at radius 3 is 2.50 bits per heavy atom. The lowest BCUT2D eigenvalue weighted by Crippen LogP contribution is -2.54. The highest BCUT2D eigenvalue weighted by Gasteiger charge is 2.51. The minimum Gasteiger partial charge on any atom is -0.335 e. The van der Waals surface area contributed by atoms with Gasteiger partial charge in [-0.15, -0.1) is 0 Å². The SMILES string of the molecule is O=C1NC[C@](c2ccccc2)(c2ccccn2)N1C1CCNCC1. The van der Waals surface area contributed by atoms with E-state index in [0.717, 1.165) is 37.2 Å². The van der Waals surface area contributed by atoms with Crippen LogP contribution in [0, 0.1) is 0 Å². The lowest BCUT2D eigenvalue weighted by molar-refractivity contribution is 0.118. The number of nitrogens with one attached hydrogen (secondary N) is 2. The van der Waals surface area contributed by atoms with E-state index in [1.54, 1.807) is 0 Å². The van der Waals surface area contributed by atoms with Crippen LogP contribution in [0.2, 0.25) is 0 Å². The van der Waals surface area contributed by atoms with Crippen molar-refractivity contribution in [3.63, 3.8) is 0 Å². The maximum atomic E-state index is 12.8. The molecule has 24 heavy (non-hydrogen) atoms. The molecular weight excluding hydrogens is 300 g/mol. The maximum absolute atomic E-state index is 12.8. The van der Waals surface area contributed by atoms with Crippen LogP contribution in [0.25, 0.3) is 0 Å². The predicted molar refractivity (Wildman–Crippen MR) is 92.6 cm³/mol. The van der Waals surface area contributed by atoms with Crippen molar-refractivity contribution in [1.29, 1.82) is 0 Å². The van der Waals surface area contributed by atoms with E-state index in [1.807, 2.05) is 47.5 Å². The summed E-state index contributed by atoms with van der Waals surface area (Å²) in [4.78, 5) is 19.5. The zero-order valence-electron chi connectivity index (χ0n) is 13.6. The van der Waals surface area contributed by atoms with Crippen LogP contribution in [-0.2, 0) is 5.54 Å². The molecular formula is C19H22N4O. The normalized spacial score (nSPS) is 24.8. The molecule has 1 aromatic heterocycles. The average molecular weight is 322 g/mol. The molecule has 1 atom stereocenters. The quantitative estimate of drug-likeness (QED) is 0.910. The number of hydrogen-bond acceptors (Lipinski definition) is 3. The fraction of sp³-hybridized carbons (Fsp3) is 0.368. The minimum absolute atomic E-state index is 0.0106. The summed E-state index contributed by atoms with van der Waals surface area (Å²) in [5, 5.41) is 6.47. The van der Waals surface area contributed by atoms with E-state index < -0.39 is 5.54 Å². The van der Waals surface area contributed by atoms with Crippen LogP contribution in [0.1, 0.15) is 24.1 Å². The number of nitrogens with zero attached hydrogens (tertiary/aromatic N) is 2. The highest BCUT2D eigenvalue weighted by molar-refractivity contribution is 5.80. The van der Waals surface area contributed by atoms with Crippen LogP contribution in [0.15, 0.2) is 54.7 Å². The van der Waals surface area contributed by atoms with E-state index in [9.17, 15) is 4.79 Å². The second-order valence-electron chi connectivity index (χ2n) is 6.45. The molecule has 0 bridgehead atoms. The number of carbonyl (C=O) groups excluding carboxylic acids is 1. The van der Waals surface area contributed by atoms with Crippen LogP contribution in [-0.4, -0.2) is 41.6 Å². The van der Waals surface area contributed by atoms with Crippen LogP contribution in [0.5, 0.6) is 0 Å². The number of carbonyl (C=O) groups is 1. The lowest BCUT2D eigenvalue weighted by Gasteiger charge is -2.43. The smallest absolute Gasteiger partial charge is 0.318 e. The molecule has 0 unspecified atom stereocenters. The first-order chi connectivity index (χ1) is 11.8. The highest BCUT2D eigenvalue weighted by atomic mass is 16.2. The van der Waals surface area contributed by atoms with Crippen molar-refractivity contribution in [1.82, 2.24) is 20.5 Å². The molecule has 2 N–H and O–H groups in total. The monoisotopic (exact) mass is 322 g/mol. The second kappa shape index (κ2) is 6.24. The van der Waals surface area contributed by atoms with Gasteiger partial charge < -0.3 is 15.5 Å². The summed E-state index contributed by atoms with van der Waals surface area (Å²) in [5.74, 6) is 0. The molecule has 2 aliphatic heterocycles. The van der Waals surface area contributed by atoms with Crippen LogP contribution >= 0.6 is 0 Å². The van der Waals surface area contributed by atoms with E-state index >= 15 is 0 Å². The molecule has 2 fully saturated rings. The molecule has 2 saturated heterocycles. The largest absolute Gasteiger partial charge is 0.335 e. The zero-order chi connectivity index (χ0) is 16.4. The number of benzene rings is 1. The molecule has 3 heterocycles. The molecule has 4 rings (SSSR count). The second-order valence-corrected chi connectivity index (χ2v) is 6.45. The summed E-state index contributed by atoms with van der Waals surface area (Å²) >= 11 is 0. The molecule has 0 spiro atoms. The number of urea groups is 1. The molecule has 2 amide bonds. The number of amides is 2. The fourth-order valence-corrected chi connectivity index (χ4v) is 4.01. The average Bonchev–Trinajstić information content (AvgIpc) is 3.02. The van der Waals surface area contributed by atoms with E-state index in [4.69, 9.17) is 0 Å². The number of piperidine rings is 1. The Hall–Kier alpha value is -2.40. The van der Waals surface area contributed by atoms with Gasteiger partial charge in [0.25, 0.3) is 0 Å². The third-order valence-corrected chi connectivity index (χ3v) is 5.14. The van der Waals surface area contributed by atoms with E-state index in [1.165, 1.54) is 0 Å². The van der Waals surface area contributed by atoms with Crippen molar-refractivity contribution in [2.45, 2.75) is 24.4 Å². The molecule has 0 aliphatic carbocycles. The van der Waals surface area contributed by atoms with Gasteiger partial charge in [0.1, 0.15) is 5.54 Å². The Kier molecular flexibility index (Phi) is 3.94. The highest BCUT2D eigenvalue weighted by Crippen LogP contribution is 2.40. The van der Waals surface area contributed by atoms with Gasteiger partial charge in [-0.05, 0) is 43.6 Å². The summed E-state index contributed by atoms with van der Waals surface area (Å²) in [6.45, 7) is 2.44. The van der Waals surface area contributed by atoms with Crippen LogP contribution in [0.4, 0.5) is 4.79 Å². The first kappa shape index (κ1) is 15.1. The molecule has 5 nitrogen and oxygen atoms in total. The van der Waals surface area contributed by atoms with E-state index in [-0.39, 0.29) is 12.1 Å². The van der Waals surface area contributed by atoms with Crippen molar-refractivity contribution in [2.24, 2.45) is 0 Å². The van der Waals surface area contributed by atoms with Gasteiger partial charge in [0.2, 0.25) is 0 Å². The van der Waals surface area contributed by atoms with E-state index in [2.05, 4.69) is 27.8 Å². The third-order valence-electron chi connectivity index (χ3n) is 5.14. The Morgan fingerprint density at radius 2 is 1.79 bits per heavy atom. The number of aromatic nitrogens is 1. The molecule has 5 heteroatoms. The Balaban J connectivity index is 1.87. The fourth-order valence-electron chi connectivity index (χ4n) is 4.01. The molecule has 124 valence electrons. The summed E-state index contributed by atoms with van der Waals surface area (Å²) in [6, 6.07) is 16.4. The van der Waals surface area contributed by atoms with Crippen LogP contribution < -0.4 is 10.6 Å². The van der Waals surface area contributed by atoms with Gasteiger partial charge in [0.05, 0.1) is 12.2 Å². The summed E-state index contributed by atoms with van der Waals surface area (Å²) < 4.78 is 0. The van der Waals surface area contributed by atoms with Crippen LogP contribution in [0.3, 0.4) is 0 Å². The van der Waals surface area contributed by atoms with Gasteiger partial charge in [-0.25, -0.2) is 4.79 Å². The number of hydrogen-bond donors (Lipinski definition) is 2. The topological polar surface area (TPSA) is 57.3 Å². The number of rotatable bonds is 3. The Bertz CT molecular complexity index is 658. The van der Waals surface area contributed by atoms with Crippen molar-refractivity contribution in [3.8, 4) is 0 Å². The molecule has 0 radical (unpaired) electrons. The Morgan fingerprint density at radius 1 is 1.04 bits per heavy atom. The van der Waals surface area contributed by atoms with Gasteiger partial charge in [-0.2, -0.15) is 0 Å². The predicted octanol–water partition coefficient (Wildman–Crippen LogP) is 2.10. The molecule has 0 saturated carbocycles. The molecule has 2 aromatic rings. The lowest BCUT2D eigenvalue weighted by atomic mass is 9.83. The first-order valence-corrected chi connectivity index (χ1v) is 8.57. The van der Waals surface area contributed by atoms with E-state index in [0.29, 0.717) is 6.54 Å².